The molecule has 0 amide bonds. The van der Waals surface area contributed by atoms with Gasteiger partial charge in [-0.2, -0.15) is 0 Å². The Morgan fingerprint density at radius 3 is 2.94 bits per heavy atom. The molecule has 0 saturated heterocycles. The second kappa shape index (κ2) is 5.44. The van der Waals surface area contributed by atoms with E-state index in [9.17, 15) is 0 Å². The molecule has 0 N–H and O–H groups in total. The van der Waals surface area contributed by atoms with E-state index in [0.29, 0.717) is 12.6 Å². The first-order valence-corrected chi connectivity index (χ1v) is 6.78. The van der Waals surface area contributed by atoms with Crippen molar-refractivity contribution >= 4 is 15.9 Å². The number of hydrogen-bond donors (Lipinski definition) is 0. The van der Waals surface area contributed by atoms with E-state index in [2.05, 4.69) is 49.6 Å². The van der Waals surface area contributed by atoms with Crippen LogP contribution >= 0.6 is 15.9 Å². The zero-order valence-electron chi connectivity index (χ0n) is 10.0. The zero-order chi connectivity index (χ0) is 12.3. The van der Waals surface area contributed by atoms with Gasteiger partial charge < -0.3 is 4.57 Å². The number of halogens is 1. The summed E-state index contributed by atoms with van der Waals surface area (Å²) in [6.07, 6.45) is 6.63. The number of nitrogens with zero attached hydrogens (tertiary/aromatic N) is 5. The van der Waals surface area contributed by atoms with Crippen molar-refractivity contribution in [3.8, 4) is 0 Å². The van der Waals surface area contributed by atoms with E-state index in [0.717, 1.165) is 23.1 Å². The van der Waals surface area contributed by atoms with Crippen LogP contribution in [0, 0.1) is 0 Å². The fourth-order valence-corrected chi connectivity index (χ4v) is 2.12. The van der Waals surface area contributed by atoms with Crippen LogP contribution < -0.4 is 0 Å². The average Bonchev–Trinajstić information content (AvgIpc) is 2.89. The summed E-state index contributed by atoms with van der Waals surface area (Å²) in [5.41, 5.74) is 2.16. The van der Waals surface area contributed by atoms with Crippen molar-refractivity contribution in [2.24, 2.45) is 0 Å². The number of aromatic nitrogens is 5. The fourth-order valence-electron chi connectivity index (χ4n) is 1.71. The monoisotopic (exact) mass is 297 g/mol. The van der Waals surface area contributed by atoms with Crippen LogP contribution in [-0.4, -0.2) is 29.9 Å². The number of imidazole rings is 1. The lowest BCUT2D eigenvalue weighted by Gasteiger charge is -2.11. The molecule has 92 valence electrons. The normalized spacial score (nSPS) is 11.3. The summed E-state index contributed by atoms with van der Waals surface area (Å²) < 4.78 is 4.00. The molecule has 0 radical (unpaired) electrons. The summed E-state index contributed by atoms with van der Waals surface area (Å²) in [4.78, 5) is 4.18. The molecule has 0 aliphatic carbocycles. The van der Waals surface area contributed by atoms with Gasteiger partial charge in [-0.15, -0.1) is 5.10 Å². The first kappa shape index (κ1) is 12.3. The van der Waals surface area contributed by atoms with Crippen LogP contribution in [0.3, 0.4) is 0 Å². The third-order valence-electron chi connectivity index (χ3n) is 2.56. The lowest BCUT2D eigenvalue weighted by molar-refractivity contribution is 0.541. The second-order valence-corrected chi connectivity index (χ2v) is 5.03. The van der Waals surface area contributed by atoms with Crippen LogP contribution in [0.1, 0.15) is 31.3 Å². The highest BCUT2D eigenvalue weighted by atomic mass is 79.9. The molecule has 2 rings (SSSR count). The van der Waals surface area contributed by atoms with Gasteiger partial charge in [0.05, 0.1) is 30.5 Å². The molecule has 0 aliphatic rings. The third kappa shape index (κ3) is 2.94. The number of hydrogen-bond acceptors (Lipinski definition) is 3. The van der Waals surface area contributed by atoms with Crippen molar-refractivity contribution in [1.82, 2.24) is 24.5 Å². The van der Waals surface area contributed by atoms with Crippen LogP contribution in [0.25, 0.3) is 0 Å². The maximum atomic E-state index is 4.18. The van der Waals surface area contributed by atoms with Crippen molar-refractivity contribution in [3.05, 3.63) is 30.1 Å². The summed E-state index contributed by atoms with van der Waals surface area (Å²) in [5.74, 6) is 0. The van der Waals surface area contributed by atoms with E-state index < -0.39 is 0 Å². The van der Waals surface area contributed by atoms with E-state index in [-0.39, 0.29) is 0 Å². The molecule has 17 heavy (non-hydrogen) atoms. The molecule has 0 atom stereocenters. The van der Waals surface area contributed by atoms with Crippen molar-refractivity contribution in [2.45, 2.75) is 32.9 Å². The second-order valence-electron chi connectivity index (χ2n) is 4.23. The molecule has 0 fully saturated rings. The van der Waals surface area contributed by atoms with E-state index >= 15 is 0 Å². The number of rotatable bonds is 5. The summed E-state index contributed by atoms with van der Waals surface area (Å²) in [6.45, 7) is 5.00. The molecule has 0 spiro atoms. The Morgan fingerprint density at radius 1 is 1.41 bits per heavy atom. The Morgan fingerprint density at radius 2 is 2.24 bits per heavy atom. The molecule has 0 bridgehead atoms. The van der Waals surface area contributed by atoms with E-state index in [4.69, 9.17) is 0 Å². The Bertz CT molecular complexity index is 474. The van der Waals surface area contributed by atoms with Gasteiger partial charge in [-0.3, -0.25) is 0 Å². The van der Waals surface area contributed by atoms with Crippen molar-refractivity contribution in [2.75, 3.05) is 5.33 Å². The topological polar surface area (TPSA) is 48.5 Å². The largest absolute Gasteiger partial charge is 0.330 e. The van der Waals surface area contributed by atoms with Gasteiger partial charge in [0, 0.05) is 24.0 Å². The van der Waals surface area contributed by atoms with Crippen LogP contribution in [-0.2, 0) is 13.0 Å². The predicted octanol–water partition coefficient (Wildman–Crippen LogP) is 2.04. The van der Waals surface area contributed by atoms with Gasteiger partial charge in [-0.25, -0.2) is 9.67 Å². The standard InChI is InChI=1S/C11H16BrN5/c1-9(2)17-8-13-5-11(17)7-16-6-10(3-4-12)14-15-16/h5-6,8-9H,3-4,7H2,1-2H3. The van der Waals surface area contributed by atoms with Gasteiger partial charge in [0.2, 0.25) is 0 Å². The van der Waals surface area contributed by atoms with Crippen LogP contribution in [0.2, 0.25) is 0 Å². The SMILES string of the molecule is CC(C)n1cncc1Cn1cc(CCBr)nn1. The van der Waals surface area contributed by atoms with Gasteiger partial charge in [0.25, 0.3) is 0 Å². The number of alkyl halides is 1. The molecule has 5 nitrogen and oxygen atoms in total. The minimum Gasteiger partial charge on any atom is -0.330 e. The molecule has 0 aliphatic heterocycles. The van der Waals surface area contributed by atoms with Gasteiger partial charge >= 0.3 is 0 Å². The third-order valence-corrected chi connectivity index (χ3v) is 2.96. The quantitative estimate of drug-likeness (QED) is 0.794. The minimum absolute atomic E-state index is 0.415. The number of aryl methyl sites for hydroxylation is 1. The molecular formula is C11H16BrN5. The highest BCUT2D eigenvalue weighted by Gasteiger charge is 2.07. The van der Waals surface area contributed by atoms with Gasteiger partial charge in [-0.1, -0.05) is 21.1 Å². The minimum atomic E-state index is 0.415. The van der Waals surface area contributed by atoms with Crippen LogP contribution in [0.15, 0.2) is 18.7 Å². The lowest BCUT2D eigenvalue weighted by atomic mass is 10.3. The van der Waals surface area contributed by atoms with Crippen molar-refractivity contribution < 1.29 is 0 Å². The molecule has 0 saturated carbocycles. The maximum absolute atomic E-state index is 4.18. The molecular weight excluding hydrogens is 282 g/mol. The summed E-state index contributed by atoms with van der Waals surface area (Å²) in [5, 5.41) is 9.14. The van der Waals surface area contributed by atoms with Gasteiger partial charge in [-0.05, 0) is 13.8 Å². The molecule has 6 heteroatoms. The summed E-state index contributed by atoms with van der Waals surface area (Å²) in [6, 6.07) is 0.415. The van der Waals surface area contributed by atoms with Gasteiger partial charge in [0.15, 0.2) is 0 Å². The van der Waals surface area contributed by atoms with Crippen molar-refractivity contribution in [1.29, 1.82) is 0 Å². The zero-order valence-corrected chi connectivity index (χ0v) is 11.6. The van der Waals surface area contributed by atoms with E-state index in [1.807, 2.05) is 23.4 Å². The molecule has 2 heterocycles. The van der Waals surface area contributed by atoms with E-state index in [1.54, 1.807) is 0 Å². The lowest BCUT2D eigenvalue weighted by Crippen LogP contribution is -2.09. The average molecular weight is 298 g/mol. The smallest absolute Gasteiger partial charge is 0.0951 e. The first-order valence-electron chi connectivity index (χ1n) is 5.66. The first-order chi connectivity index (χ1) is 8.20. The van der Waals surface area contributed by atoms with Crippen LogP contribution in [0.4, 0.5) is 0 Å². The maximum Gasteiger partial charge on any atom is 0.0951 e. The molecule has 2 aromatic heterocycles. The van der Waals surface area contributed by atoms with E-state index in [1.165, 1.54) is 0 Å². The molecule has 2 aromatic rings. The summed E-state index contributed by atoms with van der Waals surface area (Å²) >= 11 is 3.40. The fraction of sp³-hybridized carbons (Fsp3) is 0.545. The van der Waals surface area contributed by atoms with Crippen molar-refractivity contribution in [3.63, 3.8) is 0 Å². The highest BCUT2D eigenvalue weighted by molar-refractivity contribution is 9.09. The Kier molecular flexibility index (Phi) is 3.93. The predicted molar refractivity (Wildman–Crippen MR) is 69.2 cm³/mol. The Hall–Kier alpha value is -1.17. The molecule has 0 aromatic carbocycles. The highest BCUT2D eigenvalue weighted by Crippen LogP contribution is 2.10. The van der Waals surface area contributed by atoms with Crippen LogP contribution in [0.5, 0.6) is 0 Å². The summed E-state index contributed by atoms with van der Waals surface area (Å²) in [7, 11) is 0. The van der Waals surface area contributed by atoms with Gasteiger partial charge in [0.1, 0.15) is 0 Å². The molecule has 0 unspecified atom stereocenters. The Labute approximate surface area is 109 Å². The Balaban J connectivity index is 2.11.